The first kappa shape index (κ1) is 11.7. The number of aliphatic hydroxyl groups excluding tert-OH is 1. The van der Waals surface area contributed by atoms with Crippen molar-refractivity contribution in [2.75, 3.05) is 20.8 Å². The molecule has 0 spiro atoms. The van der Waals surface area contributed by atoms with Crippen LogP contribution >= 0.6 is 0 Å². The Labute approximate surface area is 87.4 Å². The van der Waals surface area contributed by atoms with E-state index in [0.717, 1.165) is 0 Å². The zero-order valence-electron chi connectivity index (χ0n) is 8.66. The minimum absolute atomic E-state index is 0.0316. The van der Waals surface area contributed by atoms with E-state index >= 15 is 0 Å². The number of methoxy groups -OCH3 is 2. The maximum Gasteiger partial charge on any atom is 0.165 e. The van der Waals surface area contributed by atoms with Crippen molar-refractivity contribution in [3.05, 3.63) is 23.5 Å². The standard InChI is InChI=1S/C10H14FNO3/c1-14-8-4-3-6(11)10(15-2)9(8)7(13)5-12/h3-4,7,13H,5,12H2,1-2H3. The molecule has 4 nitrogen and oxygen atoms in total. The van der Waals surface area contributed by atoms with Crippen molar-refractivity contribution < 1.29 is 19.0 Å². The summed E-state index contributed by atoms with van der Waals surface area (Å²) in [4.78, 5) is 0. The highest BCUT2D eigenvalue weighted by atomic mass is 19.1. The second-order valence-corrected chi connectivity index (χ2v) is 2.95. The van der Waals surface area contributed by atoms with Crippen molar-refractivity contribution in [3.8, 4) is 11.5 Å². The number of hydrogen-bond donors (Lipinski definition) is 2. The molecule has 0 aliphatic rings. The molecule has 0 amide bonds. The summed E-state index contributed by atoms with van der Waals surface area (Å²) in [6, 6.07) is 2.64. The number of rotatable bonds is 4. The Morgan fingerprint density at radius 3 is 2.53 bits per heavy atom. The molecule has 0 radical (unpaired) electrons. The second-order valence-electron chi connectivity index (χ2n) is 2.95. The Hall–Kier alpha value is -1.33. The number of nitrogens with two attached hydrogens (primary N) is 1. The van der Waals surface area contributed by atoms with Gasteiger partial charge >= 0.3 is 0 Å². The third-order valence-electron chi connectivity index (χ3n) is 2.09. The van der Waals surface area contributed by atoms with Gasteiger partial charge in [-0.2, -0.15) is 0 Å². The molecule has 1 rings (SSSR count). The van der Waals surface area contributed by atoms with Crippen LogP contribution in [0.2, 0.25) is 0 Å². The Morgan fingerprint density at radius 1 is 1.40 bits per heavy atom. The summed E-state index contributed by atoms with van der Waals surface area (Å²) in [5, 5.41) is 9.63. The van der Waals surface area contributed by atoms with Gasteiger partial charge in [-0.1, -0.05) is 0 Å². The summed E-state index contributed by atoms with van der Waals surface area (Å²) in [5.74, 6) is -0.237. The number of aliphatic hydroxyl groups is 1. The highest BCUT2D eigenvalue weighted by molar-refractivity contribution is 5.47. The molecule has 0 saturated heterocycles. The van der Waals surface area contributed by atoms with Crippen LogP contribution in [0, 0.1) is 5.82 Å². The summed E-state index contributed by atoms with van der Waals surface area (Å²) < 4.78 is 23.2. The molecule has 0 aliphatic carbocycles. The minimum Gasteiger partial charge on any atom is -0.496 e. The molecule has 0 aliphatic heterocycles. The average Bonchev–Trinajstić information content (AvgIpc) is 2.27. The van der Waals surface area contributed by atoms with Crippen molar-refractivity contribution in [1.82, 2.24) is 0 Å². The normalized spacial score (nSPS) is 12.3. The lowest BCUT2D eigenvalue weighted by Crippen LogP contribution is -2.14. The van der Waals surface area contributed by atoms with Crippen molar-refractivity contribution >= 4 is 0 Å². The fraction of sp³-hybridized carbons (Fsp3) is 0.400. The van der Waals surface area contributed by atoms with Gasteiger partial charge in [0.25, 0.3) is 0 Å². The van der Waals surface area contributed by atoms with Gasteiger partial charge in [0.2, 0.25) is 0 Å². The molecule has 0 heterocycles. The molecule has 3 N–H and O–H groups in total. The van der Waals surface area contributed by atoms with Gasteiger partial charge in [0.1, 0.15) is 5.75 Å². The molecule has 0 saturated carbocycles. The van der Waals surface area contributed by atoms with Gasteiger partial charge in [-0.15, -0.1) is 0 Å². The van der Waals surface area contributed by atoms with E-state index in [0.29, 0.717) is 5.75 Å². The van der Waals surface area contributed by atoms with Crippen LogP contribution in [0.4, 0.5) is 4.39 Å². The SMILES string of the molecule is COc1ccc(F)c(OC)c1C(O)CN. The van der Waals surface area contributed by atoms with E-state index in [-0.39, 0.29) is 17.9 Å². The minimum atomic E-state index is -1.01. The van der Waals surface area contributed by atoms with Gasteiger partial charge in [-0.25, -0.2) is 4.39 Å². The van der Waals surface area contributed by atoms with Crippen LogP contribution in [0.15, 0.2) is 12.1 Å². The quantitative estimate of drug-likeness (QED) is 0.781. The van der Waals surface area contributed by atoms with Crippen molar-refractivity contribution in [2.24, 2.45) is 5.73 Å². The van der Waals surface area contributed by atoms with E-state index in [4.69, 9.17) is 15.2 Å². The summed E-state index contributed by atoms with van der Waals surface area (Å²) >= 11 is 0. The molecule has 1 aromatic rings. The highest BCUT2D eigenvalue weighted by Crippen LogP contribution is 2.35. The first-order chi connectivity index (χ1) is 7.15. The van der Waals surface area contributed by atoms with Crippen LogP contribution in [0.5, 0.6) is 11.5 Å². The van der Waals surface area contributed by atoms with Crippen molar-refractivity contribution in [3.63, 3.8) is 0 Å². The Balaban J connectivity index is 3.33. The van der Waals surface area contributed by atoms with Gasteiger partial charge in [-0.3, -0.25) is 0 Å². The molecule has 1 atom stereocenters. The van der Waals surface area contributed by atoms with Gasteiger partial charge in [0.05, 0.1) is 25.9 Å². The number of benzene rings is 1. The molecule has 15 heavy (non-hydrogen) atoms. The maximum atomic E-state index is 13.3. The van der Waals surface area contributed by atoms with E-state index in [1.807, 2.05) is 0 Å². The lowest BCUT2D eigenvalue weighted by molar-refractivity contribution is 0.176. The van der Waals surface area contributed by atoms with Crippen LogP contribution in [-0.2, 0) is 0 Å². The van der Waals surface area contributed by atoms with Crippen LogP contribution in [0.1, 0.15) is 11.7 Å². The Morgan fingerprint density at radius 2 is 2.07 bits per heavy atom. The molecule has 5 heteroatoms. The third-order valence-corrected chi connectivity index (χ3v) is 2.09. The summed E-state index contributed by atoms with van der Waals surface area (Å²) in [6.45, 7) is -0.0316. The fourth-order valence-corrected chi connectivity index (χ4v) is 1.37. The van der Waals surface area contributed by atoms with Crippen molar-refractivity contribution in [2.45, 2.75) is 6.10 Å². The summed E-state index contributed by atoms with van der Waals surface area (Å²) in [7, 11) is 2.75. The first-order valence-corrected chi connectivity index (χ1v) is 4.44. The predicted molar refractivity (Wildman–Crippen MR) is 53.5 cm³/mol. The largest absolute Gasteiger partial charge is 0.496 e. The third kappa shape index (κ3) is 2.19. The Kier molecular flexibility index (Phi) is 3.88. The van der Waals surface area contributed by atoms with Gasteiger partial charge in [-0.05, 0) is 12.1 Å². The highest BCUT2D eigenvalue weighted by Gasteiger charge is 2.20. The Bertz CT molecular complexity index is 344. The van der Waals surface area contributed by atoms with E-state index in [1.54, 1.807) is 0 Å². The molecule has 1 unspecified atom stereocenters. The van der Waals surface area contributed by atoms with Gasteiger partial charge in [0, 0.05) is 6.54 Å². The first-order valence-electron chi connectivity index (χ1n) is 4.44. The van der Waals surface area contributed by atoms with E-state index in [1.165, 1.54) is 26.4 Å². The fourth-order valence-electron chi connectivity index (χ4n) is 1.37. The molecule has 1 aromatic carbocycles. The van der Waals surface area contributed by atoms with Crippen LogP contribution in [-0.4, -0.2) is 25.9 Å². The van der Waals surface area contributed by atoms with Gasteiger partial charge in [0.15, 0.2) is 11.6 Å². The number of ether oxygens (including phenoxy) is 2. The van der Waals surface area contributed by atoms with E-state index in [9.17, 15) is 9.50 Å². The smallest absolute Gasteiger partial charge is 0.165 e. The molecule has 84 valence electrons. The zero-order chi connectivity index (χ0) is 11.4. The topological polar surface area (TPSA) is 64.7 Å². The zero-order valence-corrected chi connectivity index (χ0v) is 8.66. The van der Waals surface area contributed by atoms with Gasteiger partial charge < -0.3 is 20.3 Å². The lowest BCUT2D eigenvalue weighted by Gasteiger charge is -2.17. The molecule has 0 aromatic heterocycles. The summed E-state index contributed by atoms with van der Waals surface area (Å²) in [6.07, 6.45) is -1.01. The van der Waals surface area contributed by atoms with E-state index < -0.39 is 11.9 Å². The van der Waals surface area contributed by atoms with Crippen molar-refractivity contribution in [1.29, 1.82) is 0 Å². The molecular weight excluding hydrogens is 201 g/mol. The molecule has 0 fully saturated rings. The molecule has 0 bridgehead atoms. The van der Waals surface area contributed by atoms with Crippen LogP contribution < -0.4 is 15.2 Å². The van der Waals surface area contributed by atoms with E-state index in [2.05, 4.69) is 0 Å². The van der Waals surface area contributed by atoms with Crippen LogP contribution in [0.25, 0.3) is 0 Å². The monoisotopic (exact) mass is 215 g/mol. The van der Waals surface area contributed by atoms with Crippen LogP contribution in [0.3, 0.4) is 0 Å². The maximum absolute atomic E-state index is 13.3. The predicted octanol–water partition coefficient (Wildman–Crippen LogP) is 0.835. The average molecular weight is 215 g/mol. The number of halogens is 1. The number of hydrogen-bond acceptors (Lipinski definition) is 4. The summed E-state index contributed by atoms with van der Waals surface area (Å²) in [5.41, 5.74) is 5.56. The second kappa shape index (κ2) is 4.95. The molecular formula is C10H14FNO3. The lowest BCUT2D eigenvalue weighted by atomic mass is 10.1.